The molecule has 0 bridgehead atoms. The Balaban J connectivity index is 1.99. The molecule has 5 heteroatoms. The van der Waals surface area contributed by atoms with E-state index in [0.717, 1.165) is 9.93 Å². The number of thioether (sulfide) groups is 2. The van der Waals surface area contributed by atoms with Gasteiger partial charge in [-0.25, -0.2) is 0 Å². The molecule has 0 atom stereocenters. The first-order valence-corrected chi connectivity index (χ1v) is 6.58. The summed E-state index contributed by atoms with van der Waals surface area (Å²) < 4.78 is 0.873. The normalized spacial score (nSPS) is 25.8. The lowest BCUT2D eigenvalue weighted by molar-refractivity contribution is -0.111. The summed E-state index contributed by atoms with van der Waals surface area (Å²) in [6.07, 6.45) is 9.17. The molecule has 82 valence electrons. The molecule has 3 heterocycles. The molecule has 0 saturated heterocycles. The fourth-order valence-corrected chi connectivity index (χ4v) is 3.77. The van der Waals surface area contributed by atoms with Gasteiger partial charge in [0.1, 0.15) is 11.8 Å². The van der Waals surface area contributed by atoms with Crippen LogP contribution in [0.5, 0.6) is 0 Å². The van der Waals surface area contributed by atoms with Gasteiger partial charge in [0, 0.05) is 23.4 Å². The van der Waals surface area contributed by atoms with E-state index in [2.05, 4.69) is 6.07 Å². The minimum Gasteiger partial charge on any atom is -0.312 e. The maximum Gasteiger partial charge on any atom is 0.206 e. The average molecular weight is 258 g/mol. The Labute approximate surface area is 107 Å². The van der Waals surface area contributed by atoms with Crippen LogP contribution >= 0.6 is 23.5 Å². The Kier molecular flexibility index (Phi) is 2.46. The Bertz CT molecular complexity index is 602. The molecule has 3 nitrogen and oxygen atoms in total. The van der Waals surface area contributed by atoms with E-state index in [4.69, 9.17) is 5.26 Å². The smallest absolute Gasteiger partial charge is 0.206 e. The standard InChI is InChI=1S/C12H6N2OS2/c13-6-9-7-16-12(17-9)11-10(15)5-8-3-1-2-4-14(8)11/h1-5,7H/b12-11+. The average Bonchev–Trinajstić information content (AvgIpc) is 2.91. The zero-order valence-corrected chi connectivity index (χ0v) is 10.2. The minimum atomic E-state index is -0.00112. The lowest BCUT2D eigenvalue weighted by Gasteiger charge is -2.19. The molecule has 0 radical (unpaired) electrons. The number of nitriles is 1. The zero-order chi connectivity index (χ0) is 11.8. The molecule has 0 spiro atoms. The van der Waals surface area contributed by atoms with Gasteiger partial charge in [-0.2, -0.15) is 5.26 Å². The third-order valence-corrected chi connectivity index (χ3v) is 4.68. The summed E-state index contributed by atoms with van der Waals surface area (Å²) in [7, 11) is 0. The second-order valence-corrected chi connectivity index (χ2v) is 5.64. The van der Waals surface area contributed by atoms with Gasteiger partial charge in [-0.1, -0.05) is 29.6 Å². The Morgan fingerprint density at radius 2 is 2.24 bits per heavy atom. The zero-order valence-electron chi connectivity index (χ0n) is 8.58. The van der Waals surface area contributed by atoms with Gasteiger partial charge in [-0.3, -0.25) is 4.79 Å². The highest BCUT2D eigenvalue weighted by molar-refractivity contribution is 8.28. The molecule has 3 aliphatic rings. The molecule has 0 fully saturated rings. The van der Waals surface area contributed by atoms with Crippen LogP contribution in [0.15, 0.2) is 56.4 Å². The van der Waals surface area contributed by atoms with Gasteiger partial charge in [0.2, 0.25) is 5.78 Å². The van der Waals surface area contributed by atoms with Gasteiger partial charge >= 0.3 is 0 Å². The second kappa shape index (κ2) is 3.99. The monoisotopic (exact) mass is 258 g/mol. The number of hydrogen-bond donors (Lipinski definition) is 0. The number of ketones is 1. The van der Waals surface area contributed by atoms with Crippen LogP contribution in [-0.4, -0.2) is 10.7 Å². The first-order chi connectivity index (χ1) is 8.29. The fraction of sp³-hybridized carbons (Fsp3) is 0. The van der Waals surface area contributed by atoms with E-state index in [1.54, 1.807) is 11.5 Å². The summed E-state index contributed by atoms with van der Waals surface area (Å²) in [5, 5.41) is 10.6. The minimum absolute atomic E-state index is 0.00112. The van der Waals surface area contributed by atoms with Crippen LogP contribution in [0.25, 0.3) is 0 Å². The molecule has 17 heavy (non-hydrogen) atoms. The van der Waals surface area contributed by atoms with Gasteiger partial charge in [0.05, 0.1) is 9.14 Å². The van der Waals surface area contributed by atoms with Crippen molar-refractivity contribution in [2.45, 2.75) is 0 Å². The summed E-state index contributed by atoms with van der Waals surface area (Å²) >= 11 is 2.79. The molecular weight excluding hydrogens is 252 g/mol. The predicted molar refractivity (Wildman–Crippen MR) is 69.1 cm³/mol. The van der Waals surface area contributed by atoms with Crippen molar-refractivity contribution in [2.75, 3.05) is 0 Å². The van der Waals surface area contributed by atoms with Crippen LogP contribution in [0, 0.1) is 11.3 Å². The Morgan fingerprint density at radius 1 is 1.35 bits per heavy atom. The first kappa shape index (κ1) is 10.5. The van der Waals surface area contributed by atoms with Crippen molar-refractivity contribution >= 4 is 29.3 Å². The van der Waals surface area contributed by atoms with E-state index in [0.29, 0.717) is 10.6 Å². The molecule has 0 N–H and O–H groups in total. The van der Waals surface area contributed by atoms with Crippen molar-refractivity contribution in [3.8, 4) is 6.07 Å². The number of fused-ring (bicyclic) bond motifs is 1. The molecule has 0 aromatic carbocycles. The van der Waals surface area contributed by atoms with Crippen molar-refractivity contribution < 1.29 is 4.79 Å². The topological polar surface area (TPSA) is 44.1 Å². The summed E-state index contributed by atoms with van der Waals surface area (Å²) in [4.78, 5) is 14.4. The van der Waals surface area contributed by atoms with Gasteiger partial charge in [-0.05, 0) is 12.2 Å². The maximum atomic E-state index is 11.9. The summed E-state index contributed by atoms with van der Waals surface area (Å²) in [5.74, 6) is -0.00112. The number of carbonyl (C=O) groups is 1. The molecule has 0 saturated carbocycles. The first-order valence-electron chi connectivity index (χ1n) is 4.89. The summed E-state index contributed by atoms with van der Waals surface area (Å²) in [6, 6.07) is 2.09. The number of allylic oxidation sites excluding steroid dienone is 5. The van der Waals surface area contributed by atoms with E-state index in [1.165, 1.54) is 23.5 Å². The number of hydrogen-bond acceptors (Lipinski definition) is 5. The summed E-state index contributed by atoms with van der Waals surface area (Å²) in [5.41, 5.74) is 1.53. The Morgan fingerprint density at radius 3 is 3.00 bits per heavy atom. The molecule has 0 aromatic heterocycles. The van der Waals surface area contributed by atoms with Crippen molar-refractivity contribution in [3.63, 3.8) is 0 Å². The number of nitrogens with zero attached hydrogens (tertiary/aromatic N) is 2. The van der Waals surface area contributed by atoms with Crippen molar-refractivity contribution in [2.24, 2.45) is 0 Å². The quantitative estimate of drug-likeness (QED) is 0.625. The van der Waals surface area contributed by atoms with E-state index in [9.17, 15) is 4.79 Å². The lowest BCUT2D eigenvalue weighted by Crippen LogP contribution is -2.14. The van der Waals surface area contributed by atoms with E-state index in [-0.39, 0.29) is 5.78 Å². The van der Waals surface area contributed by atoms with Crippen LogP contribution < -0.4 is 0 Å². The number of rotatable bonds is 0. The molecule has 0 unspecified atom stereocenters. The van der Waals surface area contributed by atoms with Crippen LogP contribution in [0.3, 0.4) is 0 Å². The van der Waals surface area contributed by atoms with Crippen LogP contribution in [-0.2, 0) is 4.79 Å². The largest absolute Gasteiger partial charge is 0.312 e. The molecule has 0 aliphatic carbocycles. The predicted octanol–water partition coefficient (Wildman–Crippen LogP) is 2.85. The van der Waals surface area contributed by atoms with Crippen LogP contribution in [0.2, 0.25) is 0 Å². The van der Waals surface area contributed by atoms with Gasteiger partial charge < -0.3 is 4.90 Å². The van der Waals surface area contributed by atoms with Crippen LogP contribution in [0.4, 0.5) is 0 Å². The second-order valence-electron chi connectivity index (χ2n) is 3.45. The third kappa shape index (κ3) is 1.66. The van der Waals surface area contributed by atoms with Crippen LogP contribution in [0.1, 0.15) is 0 Å². The fourth-order valence-electron chi connectivity index (χ4n) is 1.71. The van der Waals surface area contributed by atoms with Crippen molar-refractivity contribution in [1.82, 2.24) is 4.90 Å². The van der Waals surface area contributed by atoms with Crippen molar-refractivity contribution in [3.05, 3.63) is 56.4 Å². The van der Waals surface area contributed by atoms with Gasteiger partial charge in [0.25, 0.3) is 0 Å². The number of carbonyl (C=O) groups excluding carboxylic acids is 1. The molecule has 3 aliphatic heterocycles. The molecule has 0 aromatic rings. The van der Waals surface area contributed by atoms with E-state index >= 15 is 0 Å². The van der Waals surface area contributed by atoms with Gasteiger partial charge in [-0.15, -0.1) is 0 Å². The highest BCUT2D eigenvalue weighted by Gasteiger charge is 2.31. The Hall–Kier alpha value is -1.64. The molecule has 0 amide bonds. The highest BCUT2D eigenvalue weighted by Crippen LogP contribution is 2.47. The lowest BCUT2D eigenvalue weighted by atomic mass is 10.3. The molecular formula is C12H6N2OS2. The summed E-state index contributed by atoms with van der Waals surface area (Å²) in [6.45, 7) is 0. The highest BCUT2D eigenvalue weighted by atomic mass is 32.2. The van der Waals surface area contributed by atoms with Crippen molar-refractivity contribution in [1.29, 1.82) is 5.26 Å². The molecule has 3 rings (SSSR count). The van der Waals surface area contributed by atoms with E-state index < -0.39 is 0 Å². The van der Waals surface area contributed by atoms with Gasteiger partial charge in [0.15, 0.2) is 0 Å². The van der Waals surface area contributed by atoms with E-state index in [1.807, 2.05) is 29.3 Å². The SMILES string of the molecule is N#CC1=CS/C(=C2/C(=O)C=C3C=CC=CN32)S1. The third-order valence-electron chi connectivity index (χ3n) is 2.42. The maximum absolute atomic E-state index is 11.9.